The average molecular weight is 267 g/mol. The summed E-state index contributed by atoms with van der Waals surface area (Å²) in [4.78, 5) is 24.8. The first-order chi connectivity index (χ1) is 8.88. The van der Waals surface area contributed by atoms with Crippen LogP contribution in [0.2, 0.25) is 0 Å². The van der Waals surface area contributed by atoms with Crippen molar-refractivity contribution in [3.63, 3.8) is 0 Å². The number of phenolic OH excluding ortho intramolecular Hbond substituents is 2. The van der Waals surface area contributed by atoms with Crippen molar-refractivity contribution in [2.75, 3.05) is 13.7 Å². The molecular weight excluding hydrogens is 250 g/mol. The smallest absolute Gasteiger partial charge is 0.325 e. The Hall–Kier alpha value is -2.24. The lowest BCUT2D eigenvalue weighted by Gasteiger charge is -2.26. The number of ether oxygens (including phenoxy) is 1. The number of rotatable bonds is 4. The molecule has 0 aliphatic rings. The zero-order chi connectivity index (χ0) is 14.6. The Kier molecular flexibility index (Phi) is 4.74. The van der Waals surface area contributed by atoms with Gasteiger partial charge in [-0.3, -0.25) is 9.59 Å². The van der Waals surface area contributed by atoms with Crippen LogP contribution in [-0.2, 0) is 9.53 Å². The van der Waals surface area contributed by atoms with E-state index >= 15 is 0 Å². The largest absolute Gasteiger partial charge is 0.507 e. The van der Waals surface area contributed by atoms with Crippen molar-refractivity contribution in [2.45, 2.75) is 19.9 Å². The molecule has 0 aromatic heterocycles. The summed E-state index contributed by atoms with van der Waals surface area (Å²) in [6.45, 7) is 3.19. The molecule has 2 N–H and O–H groups in total. The minimum atomic E-state index is -0.629. The van der Waals surface area contributed by atoms with Crippen LogP contribution in [0.5, 0.6) is 11.5 Å². The molecule has 0 atom stereocenters. The van der Waals surface area contributed by atoms with Crippen LogP contribution in [0.1, 0.15) is 24.2 Å². The van der Waals surface area contributed by atoms with Crippen molar-refractivity contribution < 1.29 is 24.5 Å². The number of amides is 1. The number of benzene rings is 1. The molecule has 1 aromatic carbocycles. The van der Waals surface area contributed by atoms with Gasteiger partial charge in [0.1, 0.15) is 23.6 Å². The predicted octanol–water partition coefficient (Wildman–Crippen LogP) is 1.12. The fraction of sp³-hybridized carbons (Fsp3) is 0.385. The number of esters is 1. The van der Waals surface area contributed by atoms with Gasteiger partial charge in [-0.25, -0.2) is 0 Å². The van der Waals surface area contributed by atoms with Gasteiger partial charge in [0.15, 0.2) is 0 Å². The Balaban J connectivity index is 3.10. The van der Waals surface area contributed by atoms with Gasteiger partial charge in [-0.05, 0) is 26.0 Å². The SMILES string of the molecule is COC(=O)CN(C(=O)c1c(O)cccc1O)C(C)C. The second-order valence-electron chi connectivity index (χ2n) is 4.27. The zero-order valence-corrected chi connectivity index (χ0v) is 11.1. The maximum Gasteiger partial charge on any atom is 0.325 e. The summed E-state index contributed by atoms with van der Waals surface area (Å²) in [5.74, 6) is -1.87. The van der Waals surface area contributed by atoms with Crippen molar-refractivity contribution in [1.29, 1.82) is 0 Å². The van der Waals surface area contributed by atoms with Crippen molar-refractivity contribution in [1.82, 2.24) is 4.90 Å². The zero-order valence-electron chi connectivity index (χ0n) is 11.1. The third kappa shape index (κ3) is 3.37. The lowest BCUT2D eigenvalue weighted by molar-refractivity contribution is -0.141. The fourth-order valence-electron chi connectivity index (χ4n) is 1.58. The van der Waals surface area contributed by atoms with Gasteiger partial charge >= 0.3 is 5.97 Å². The second-order valence-corrected chi connectivity index (χ2v) is 4.27. The molecule has 0 heterocycles. The Morgan fingerprint density at radius 3 is 2.21 bits per heavy atom. The minimum absolute atomic E-state index is 0.222. The summed E-state index contributed by atoms with van der Waals surface area (Å²) in [6, 6.07) is 3.72. The van der Waals surface area contributed by atoms with Gasteiger partial charge in [-0.2, -0.15) is 0 Å². The predicted molar refractivity (Wildman–Crippen MR) is 68.0 cm³/mol. The van der Waals surface area contributed by atoms with E-state index in [4.69, 9.17) is 0 Å². The number of phenols is 2. The summed E-state index contributed by atoms with van der Waals surface area (Å²) in [7, 11) is 1.22. The van der Waals surface area contributed by atoms with Crippen molar-refractivity contribution in [2.24, 2.45) is 0 Å². The van der Waals surface area contributed by atoms with E-state index in [9.17, 15) is 19.8 Å². The highest BCUT2D eigenvalue weighted by molar-refractivity contribution is 6.00. The molecule has 0 fully saturated rings. The molecule has 0 unspecified atom stereocenters. The van der Waals surface area contributed by atoms with Crippen molar-refractivity contribution in [3.05, 3.63) is 23.8 Å². The molecule has 0 aliphatic heterocycles. The summed E-state index contributed by atoms with van der Waals surface area (Å²) >= 11 is 0. The third-order valence-electron chi connectivity index (χ3n) is 2.65. The van der Waals surface area contributed by atoms with Crippen LogP contribution in [0.15, 0.2) is 18.2 Å². The van der Waals surface area contributed by atoms with E-state index < -0.39 is 11.9 Å². The first-order valence-corrected chi connectivity index (χ1v) is 5.77. The third-order valence-corrected chi connectivity index (χ3v) is 2.65. The van der Waals surface area contributed by atoms with Gasteiger partial charge in [-0.15, -0.1) is 0 Å². The highest BCUT2D eigenvalue weighted by Gasteiger charge is 2.26. The number of hydrogen-bond acceptors (Lipinski definition) is 5. The monoisotopic (exact) mass is 267 g/mol. The molecule has 0 saturated carbocycles. The Bertz CT molecular complexity index is 464. The summed E-state index contributed by atoms with van der Waals surface area (Å²) < 4.78 is 4.52. The summed E-state index contributed by atoms with van der Waals surface area (Å²) in [6.07, 6.45) is 0. The molecule has 0 aliphatic carbocycles. The summed E-state index contributed by atoms with van der Waals surface area (Å²) in [5, 5.41) is 19.3. The van der Waals surface area contributed by atoms with E-state index in [1.54, 1.807) is 13.8 Å². The molecule has 104 valence electrons. The van der Waals surface area contributed by atoms with E-state index in [-0.39, 0.29) is 29.6 Å². The second kappa shape index (κ2) is 6.08. The number of carbonyl (C=O) groups excluding carboxylic acids is 2. The molecule has 6 heteroatoms. The first-order valence-electron chi connectivity index (χ1n) is 5.77. The Morgan fingerprint density at radius 2 is 1.79 bits per heavy atom. The molecule has 1 amide bonds. The standard InChI is InChI=1S/C13H17NO5/c1-8(2)14(7-11(17)19-3)13(18)12-9(15)5-4-6-10(12)16/h4-6,8,15-16H,7H2,1-3H3. The van der Waals surface area contributed by atoms with Crippen LogP contribution in [0, 0.1) is 0 Å². The van der Waals surface area contributed by atoms with Crippen LogP contribution >= 0.6 is 0 Å². The molecule has 0 saturated heterocycles. The lowest BCUT2D eigenvalue weighted by Crippen LogP contribution is -2.41. The van der Waals surface area contributed by atoms with Gasteiger partial charge < -0.3 is 19.8 Å². The van der Waals surface area contributed by atoms with Gasteiger partial charge in [0.05, 0.1) is 7.11 Å². The summed E-state index contributed by atoms with van der Waals surface area (Å²) in [5.41, 5.74) is -0.222. The van der Waals surface area contributed by atoms with Crippen LogP contribution in [0.25, 0.3) is 0 Å². The topological polar surface area (TPSA) is 87.1 Å². The molecule has 1 aromatic rings. The molecular formula is C13H17NO5. The number of aromatic hydroxyl groups is 2. The van der Waals surface area contributed by atoms with Crippen LogP contribution < -0.4 is 0 Å². The van der Waals surface area contributed by atoms with E-state index in [0.717, 1.165) is 0 Å². The average Bonchev–Trinajstić information content (AvgIpc) is 2.34. The van der Waals surface area contributed by atoms with Crippen LogP contribution in [0.4, 0.5) is 0 Å². The first kappa shape index (κ1) is 14.8. The Labute approximate surface area is 111 Å². The number of hydrogen-bond donors (Lipinski definition) is 2. The molecule has 1 rings (SSSR count). The van der Waals surface area contributed by atoms with Crippen molar-refractivity contribution in [3.8, 4) is 11.5 Å². The highest BCUT2D eigenvalue weighted by atomic mass is 16.5. The van der Waals surface area contributed by atoms with Crippen molar-refractivity contribution >= 4 is 11.9 Å². The van der Waals surface area contributed by atoms with Gasteiger partial charge in [0.2, 0.25) is 0 Å². The maximum atomic E-state index is 12.3. The fourth-order valence-corrected chi connectivity index (χ4v) is 1.58. The molecule has 19 heavy (non-hydrogen) atoms. The molecule has 0 spiro atoms. The normalized spacial score (nSPS) is 10.3. The van der Waals surface area contributed by atoms with E-state index in [1.165, 1.54) is 30.2 Å². The molecule has 0 radical (unpaired) electrons. The van der Waals surface area contributed by atoms with Gasteiger partial charge in [0.25, 0.3) is 5.91 Å². The van der Waals surface area contributed by atoms with E-state index in [1.807, 2.05) is 0 Å². The highest BCUT2D eigenvalue weighted by Crippen LogP contribution is 2.28. The quantitative estimate of drug-likeness (QED) is 0.798. The van der Waals surface area contributed by atoms with Crippen LogP contribution in [-0.4, -0.2) is 46.7 Å². The van der Waals surface area contributed by atoms with Gasteiger partial charge in [-0.1, -0.05) is 6.07 Å². The van der Waals surface area contributed by atoms with E-state index in [2.05, 4.69) is 4.74 Å². The number of carbonyl (C=O) groups is 2. The van der Waals surface area contributed by atoms with Gasteiger partial charge in [0, 0.05) is 6.04 Å². The molecule has 6 nitrogen and oxygen atoms in total. The minimum Gasteiger partial charge on any atom is -0.507 e. The lowest BCUT2D eigenvalue weighted by atomic mass is 10.1. The maximum absolute atomic E-state index is 12.3. The number of nitrogens with zero attached hydrogens (tertiary/aromatic N) is 1. The van der Waals surface area contributed by atoms with Crippen LogP contribution in [0.3, 0.4) is 0 Å². The molecule has 0 bridgehead atoms. The Morgan fingerprint density at radius 1 is 1.26 bits per heavy atom. The number of methoxy groups -OCH3 is 1. The van der Waals surface area contributed by atoms with E-state index in [0.29, 0.717) is 0 Å².